The van der Waals surface area contributed by atoms with E-state index in [9.17, 15) is 0 Å². The van der Waals surface area contributed by atoms with E-state index >= 15 is 0 Å². The van der Waals surface area contributed by atoms with Crippen LogP contribution >= 0.6 is 0 Å². The summed E-state index contributed by atoms with van der Waals surface area (Å²) in [5.41, 5.74) is 4.61. The fourth-order valence-corrected chi connectivity index (χ4v) is 2.36. The molecule has 106 valence electrons. The molecule has 2 rings (SSSR count). The zero-order chi connectivity index (χ0) is 14.5. The molecule has 0 saturated heterocycles. The second-order valence-corrected chi connectivity index (χ2v) is 5.09. The van der Waals surface area contributed by atoms with Gasteiger partial charge < -0.3 is 10.2 Å². The quantitative estimate of drug-likeness (QED) is 0.906. The van der Waals surface area contributed by atoms with Crippen molar-refractivity contribution < 1.29 is 0 Å². The van der Waals surface area contributed by atoms with Crippen molar-refractivity contribution in [3.63, 3.8) is 0 Å². The first-order valence-corrected chi connectivity index (χ1v) is 6.84. The highest BCUT2D eigenvalue weighted by Gasteiger charge is 2.13. The number of hydrogen-bond acceptors (Lipinski definition) is 4. The third-order valence-corrected chi connectivity index (χ3v) is 3.29. The van der Waals surface area contributed by atoms with Gasteiger partial charge in [0.2, 0.25) is 0 Å². The number of nitrogens with zero attached hydrogens (tertiary/aromatic N) is 3. The van der Waals surface area contributed by atoms with E-state index in [1.54, 1.807) is 0 Å². The Morgan fingerprint density at radius 3 is 2.70 bits per heavy atom. The van der Waals surface area contributed by atoms with Crippen molar-refractivity contribution in [3.8, 4) is 0 Å². The van der Waals surface area contributed by atoms with Gasteiger partial charge in [0, 0.05) is 31.0 Å². The summed E-state index contributed by atoms with van der Waals surface area (Å²) in [6.07, 6.45) is 1.83. The Labute approximate surface area is 120 Å². The van der Waals surface area contributed by atoms with Crippen molar-refractivity contribution >= 4 is 5.82 Å². The lowest BCUT2D eigenvalue weighted by Crippen LogP contribution is -2.22. The number of pyridine rings is 2. The van der Waals surface area contributed by atoms with Gasteiger partial charge in [-0.15, -0.1) is 0 Å². The fourth-order valence-electron chi connectivity index (χ4n) is 2.36. The summed E-state index contributed by atoms with van der Waals surface area (Å²) in [7, 11) is 4.02. The van der Waals surface area contributed by atoms with Crippen LogP contribution in [0.15, 0.2) is 30.5 Å². The number of rotatable bonds is 5. The molecule has 4 heteroatoms. The van der Waals surface area contributed by atoms with Crippen LogP contribution in [0, 0.1) is 13.8 Å². The maximum absolute atomic E-state index is 4.71. The Kier molecular flexibility index (Phi) is 4.69. The highest BCUT2D eigenvalue weighted by molar-refractivity contribution is 5.51. The summed E-state index contributed by atoms with van der Waals surface area (Å²) in [5.74, 6) is 1.03. The molecule has 0 saturated carbocycles. The molecule has 0 amide bonds. The summed E-state index contributed by atoms with van der Waals surface area (Å²) in [5, 5.41) is 3.22. The fraction of sp³-hybridized carbons (Fsp3) is 0.375. The van der Waals surface area contributed by atoms with Crippen molar-refractivity contribution in [2.45, 2.75) is 26.9 Å². The molecule has 2 aromatic rings. The summed E-state index contributed by atoms with van der Waals surface area (Å²) < 4.78 is 0. The Bertz CT molecular complexity index is 566. The Balaban J connectivity index is 2.30. The molecule has 1 N–H and O–H groups in total. The minimum Gasteiger partial charge on any atom is -0.353 e. The predicted molar refractivity (Wildman–Crippen MR) is 82.8 cm³/mol. The summed E-state index contributed by atoms with van der Waals surface area (Å²) in [6.45, 7) is 5.75. The summed E-state index contributed by atoms with van der Waals surface area (Å²) in [6, 6.07) is 8.12. The largest absolute Gasteiger partial charge is 0.353 e. The van der Waals surface area contributed by atoms with E-state index in [0.29, 0.717) is 0 Å². The van der Waals surface area contributed by atoms with Crippen molar-refractivity contribution in [1.29, 1.82) is 0 Å². The van der Waals surface area contributed by atoms with E-state index in [0.717, 1.165) is 30.3 Å². The van der Waals surface area contributed by atoms with Crippen LogP contribution < -0.4 is 10.2 Å². The van der Waals surface area contributed by atoms with E-state index in [2.05, 4.69) is 35.2 Å². The summed E-state index contributed by atoms with van der Waals surface area (Å²) in [4.78, 5) is 11.2. The van der Waals surface area contributed by atoms with Crippen LogP contribution in [0.2, 0.25) is 0 Å². The lowest BCUT2D eigenvalue weighted by molar-refractivity contribution is 0.782. The van der Waals surface area contributed by atoms with Gasteiger partial charge in [0.15, 0.2) is 0 Å². The third-order valence-electron chi connectivity index (χ3n) is 3.29. The van der Waals surface area contributed by atoms with E-state index in [4.69, 9.17) is 4.98 Å². The first-order valence-electron chi connectivity index (χ1n) is 6.84. The maximum atomic E-state index is 4.71. The van der Waals surface area contributed by atoms with Gasteiger partial charge in [-0.05, 0) is 44.7 Å². The van der Waals surface area contributed by atoms with Gasteiger partial charge in [-0.25, -0.2) is 4.98 Å². The molecular formula is C16H22N4. The second-order valence-electron chi connectivity index (χ2n) is 5.09. The molecule has 2 aromatic heterocycles. The zero-order valence-electron chi connectivity index (χ0n) is 12.6. The highest BCUT2D eigenvalue weighted by atomic mass is 15.2. The van der Waals surface area contributed by atoms with Crippen LogP contribution in [0.4, 0.5) is 5.82 Å². The molecule has 0 bridgehead atoms. The lowest BCUT2D eigenvalue weighted by Gasteiger charge is -2.23. The smallest absolute Gasteiger partial charge is 0.133 e. The highest BCUT2D eigenvalue weighted by Crippen LogP contribution is 2.22. The second kappa shape index (κ2) is 6.48. The number of anilines is 1. The number of hydrogen-bond donors (Lipinski definition) is 1. The van der Waals surface area contributed by atoms with Crippen LogP contribution in [-0.4, -0.2) is 24.1 Å². The molecular weight excluding hydrogens is 248 g/mol. The van der Waals surface area contributed by atoms with Gasteiger partial charge in [0.1, 0.15) is 5.82 Å². The normalized spacial score (nSPS) is 10.6. The van der Waals surface area contributed by atoms with E-state index in [1.165, 1.54) is 11.1 Å². The van der Waals surface area contributed by atoms with Crippen LogP contribution in [-0.2, 0) is 13.1 Å². The summed E-state index contributed by atoms with van der Waals surface area (Å²) >= 11 is 0. The van der Waals surface area contributed by atoms with E-state index in [1.807, 2.05) is 38.4 Å². The van der Waals surface area contributed by atoms with E-state index in [-0.39, 0.29) is 0 Å². The third kappa shape index (κ3) is 3.33. The van der Waals surface area contributed by atoms with Crippen molar-refractivity contribution in [2.24, 2.45) is 0 Å². The SMILES string of the molecule is CNCc1c(C)cc(C)nc1N(C)Cc1ccccn1. The topological polar surface area (TPSA) is 41.1 Å². The average Bonchev–Trinajstić information content (AvgIpc) is 2.42. The Morgan fingerprint density at radius 2 is 2.05 bits per heavy atom. The number of aromatic nitrogens is 2. The molecule has 0 aliphatic carbocycles. The van der Waals surface area contributed by atoms with Crippen molar-refractivity contribution in [2.75, 3.05) is 19.0 Å². The maximum Gasteiger partial charge on any atom is 0.133 e. The van der Waals surface area contributed by atoms with Gasteiger partial charge >= 0.3 is 0 Å². The molecule has 0 aromatic carbocycles. The van der Waals surface area contributed by atoms with Crippen LogP contribution in [0.25, 0.3) is 0 Å². The molecule has 0 aliphatic heterocycles. The van der Waals surface area contributed by atoms with Gasteiger partial charge in [-0.1, -0.05) is 6.07 Å². The average molecular weight is 270 g/mol. The van der Waals surface area contributed by atoms with Crippen molar-refractivity contribution in [1.82, 2.24) is 15.3 Å². The van der Waals surface area contributed by atoms with Gasteiger partial charge in [0.05, 0.1) is 12.2 Å². The molecule has 0 atom stereocenters. The molecule has 0 aliphatic rings. The minimum atomic E-state index is 0.757. The molecule has 4 nitrogen and oxygen atoms in total. The van der Waals surface area contributed by atoms with Crippen LogP contribution in [0.5, 0.6) is 0 Å². The monoisotopic (exact) mass is 270 g/mol. The molecule has 0 spiro atoms. The standard InChI is InChI=1S/C16H22N4/c1-12-9-13(2)19-16(15(12)10-17-3)20(4)11-14-7-5-6-8-18-14/h5-9,17H,10-11H2,1-4H3. The molecule has 20 heavy (non-hydrogen) atoms. The Morgan fingerprint density at radius 1 is 1.25 bits per heavy atom. The minimum absolute atomic E-state index is 0.757. The molecule has 0 unspecified atom stereocenters. The van der Waals surface area contributed by atoms with Gasteiger partial charge in [0.25, 0.3) is 0 Å². The lowest BCUT2D eigenvalue weighted by atomic mass is 10.1. The zero-order valence-corrected chi connectivity index (χ0v) is 12.6. The van der Waals surface area contributed by atoms with Crippen LogP contribution in [0.1, 0.15) is 22.5 Å². The molecule has 0 radical (unpaired) electrons. The van der Waals surface area contributed by atoms with E-state index < -0.39 is 0 Å². The first-order chi connectivity index (χ1) is 9.61. The van der Waals surface area contributed by atoms with Gasteiger partial charge in [-0.2, -0.15) is 0 Å². The number of nitrogens with one attached hydrogen (secondary N) is 1. The van der Waals surface area contributed by atoms with Crippen LogP contribution in [0.3, 0.4) is 0 Å². The Hall–Kier alpha value is -1.94. The van der Waals surface area contributed by atoms with Crippen molar-refractivity contribution in [3.05, 3.63) is 53.0 Å². The predicted octanol–water partition coefficient (Wildman–Crippen LogP) is 2.45. The molecule has 2 heterocycles. The first kappa shape index (κ1) is 14.5. The number of aryl methyl sites for hydroxylation is 2. The molecule has 0 fully saturated rings. The van der Waals surface area contributed by atoms with Gasteiger partial charge in [-0.3, -0.25) is 4.98 Å².